The van der Waals surface area contributed by atoms with Crippen LogP contribution in [0.3, 0.4) is 0 Å². The van der Waals surface area contributed by atoms with Gasteiger partial charge in [-0.05, 0) is 23.6 Å². The van der Waals surface area contributed by atoms with Crippen LogP contribution in [0.2, 0.25) is 0 Å². The Labute approximate surface area is 149 Å². The summed E-state index contributed by atoms with van der Waals surface area (Å²) < 4.78 is 28.0. The second kappa shape index (κ2) is 7.60. The molecule has 0 aliphatic carbocycles. The number of aromatic nitrogens is 2. The molecule has 1 aromatic carbocycles. The average Bonchev–Trinajstić information content (AvgIpc) is 3.31. The van der Waals surface area contributed by atoms with Gasteiger partial charge in [-0.1, -0.05) is 24.3 Å². The zero-order valence-electron chi connectivity index (χ0n) is 13.1. The number of rotatable bonds is 7. The van der Waals surface area contributed by atoms with Gasteiger partial charge in [-0.15, -0.1) is 11.3 Å². The highest BCUT2D eigenvalue weighted by Crippen LogP contribution is 2.14. The smallest absolute Gasteiger partial charge is 0.250 e. The van der Waals surface area contributed by atoms with E-state index in [0.717, 1.165) is 22.6 Å². The molecule has 7 nitrogen and oxygen atoms in total. The van der Waals surface area contributed by atoms with Crippen LogP contribution in [0.25, 0.3) is 5.69 Å². The molecule has 1 amide bonds. The molecule has 0 atom stereocenters. The summed E-state index contributed by atoms with van der Waals surface area (Å²) in [6.07, 6.45) is 3.47. The Morgan fingerprint density at radius 3 is 2.68 bits per heavy atom. The van der Waals surface area contributed by atoms with E-state index in [1.54, 1.807) is 22.3 Å². The summed E-state index contributed by atoms with van der Waals surface area (Å²) in [5.74, 6) is -0.410. The molecule has 0 aliphatic rings. The Balaban J connectivity index is 1.51. The molecule has 0 fully saturated rings. The zero-order chi connectivity index (χ0) is 17.7. The Kier molecular flexibility index (Phi) is 5.27. The number of thiophene rings is 1. The molecule has 25 heavy (non-hydrogen) atoms. The topological polar surface area (TPSA) is 93.1 Å². The van der Waals surface area contributed by atoms with Crippen molar-refractivity contribution in [3.63, 3.8) is 0 Å². The molecule has 0 saturated heterocycles. The maximum Gasteiger partial charge on any atom is 0.250 e. The van der Waals surface area contributed by atoms with E-state index in [2.05, 4.69) is 15.1 Å². The molecule has 130 valence electrons. The lowest BCUT2D eigenvalue weighted by molar-refractivity contribution is -0.120. The number of carbonyl (C=O) groups excluding carboxylic acids is 1. The van der Waals surface area contributed by atoms with Gasteiger partial charge in [-0.3, -0.25) is 4.79 Å². The fourth-order valence-corrected chi connectivity index (χ4v) is 4.10. The SMILES string of the molecule is O=C(CNS(=O)(=O)c1cccs1)NCc1cnn(-c2ccccc2)c1. The Bertz CT molecular complexity index is 935. The van der Waals surface area contributed by atoms with E-state index >= 15 is 0 Å². The van der Waals surface area contributed by atoms with E-state index in [1.165, 1.54) is 6.07 Å². The van der Waals surface area contributed by atoms with E-state index < -0.39 is 15.9 Å². The first-order chi connectivity index (χ1) is 12.0. The van der Waals surface area contributed by atoms with Crippen LogP contribution in [-0.4, -0.2) is 30.7 Å². The molecule has 3 aromatic rings. The molecular weight excluding hydrogens is 360 g/mol. The summed E-state index contributed by atoms with van der Waals surface area (Å²) in [5, 5.41) is 8.57. The van der Waals surface area contributed by atoms with Gasteiger partial charge in [0.2, 0.25) is 5.91 Å². The predicted octanol–water partition coefficient (Wildman–Crippen LogP) is 1.53. The second-order valence-corrected chi connectivity index (χ2v) is 8.10. The molecule has 0 radical (unpaired) electrons. The maximum absolute atomic E-state index is 11.9. The van der Waals surface area contributed by atoms with Crippen molar-refractivity contribution in [1.82, 2.24) is 19.8 Å². The number of nitrogens with zero attached hydrogens (tertiary/aromatic N) is 2. The van der Waals surface area contributed by atoms with E-state index in [1.807, 2.05) is 36.5 Å². The van der Waals surface area contributed by atoms with Crippen molar-refractivity contribution in [2.75, 3.05) is 6.54 Å². The third-order valence-electron chi connectivity index (χ3n) is 3.33. The van der Waals surface area contributed by atoms with Crippen LogP contribution in [0.5, 0.6) is 0 Å². The molecule has 2 heterocycles. The molecular formula is C16H16N4O3S2. The highest BCUT2D eigenvalue weighted by Gasteiger charge is 2.16. The van der Waals surface area contributed by atoms with Gasteiger partial charge in [0.05, 0.1) is 18.4 Å². The van der Waals surface area contributed by atoms with E-state index in [-0.39, 0.29) is 17.3 Å². The van der Waals surface area contributed by atoms with Gasteiger partial charge in [0.1, 0.15) is 4.21 Å². The normalized spacial score (nSPS) is 11.4. The number of sulfonamides is 1. The highest BCUT2D eigenvalue weighted by atomic mass is 32.2. The fraction of sp³-hybridized carbons (Fsp3) is 0.125. The van der Waals surface area contributed by atoms with Crippen LogP contribution in [0.1, 0.15) is 5.56 Å². The summed E-state index contributed by atoms with van der Waals surface area (Å²) >= 11 is 1.10. The summed E-state index contributed by atoms with van der Waals surface area (Å²) in [6.45, 7) is -0.0422. The van der Waals surface area contributed by atoms with Gasteiger partial charge in [0, 0.05) is 18.3 Å². The van der Waals surface area contributed by atoms with E-state index in [9.17, 15) is 13.2 Å². The molecule has 2 aromatic heterocycles. The van der Waals surface area contributed by atoms with Crippen molar-refractivity contribution in [2.45, 2.75) is 10.8 Å². The highest BCUT2D eigenvalue weighted by molar-refractivity contribution is 7.91. The molecule has 0 spiro atoms. The summed E-state index contributed by atoms with van der Waals surface area (Å²) in [7, 11) is -3.64. The van der Waals surface area contributed by atoms with Crippen molar-refractivity contribution < 1.29 is 13.2 Å². The van der Waals surface area contributed by atoms with Crippen LogP contribution in [0.4, 0.5) is 0 Å². The summed E-state index contributed by atoms with van der Waals surface area (Å²) in [6, 6.07) is 12.7. The predicted molar refractivity (Wildman–Crippen MR) is 94.9 cm³/mol. The van der Waals surface area contributed by atoms with Crippen molar-refractivity contribution >= 4 is 27.3 Å². The third-order valence-corrected chi connectivity index (χ3v) is 6.13. The largest absolute Gasteiger partial charge is 0.351 e. The number of para-hydroxylation sites is 1. The first-order valence-corrected chi connectivity index (χ1v) is 9.80. The minimum Gasteiger partial charge on any atom is -0.351 e. The Morgan fingerprint density at radius 1 is 1.16 bits per heavy atom. The lowest BCUT2D eigenvalue weighted by Gasteiger charge is -2.05. The van der Waals surface area contributed by atoms with Crippen LogP contribution in [-0.2, 0) is 21.4 Å². The van der Waals surface area contributed by atoms with Crippen LogP contribution in [0.15, 0.2) is 64.4 Å². The van der Waals surface area contributed by atoms with Gasteiger partial charge in [0.25, 0.3) is 10.0 Å². The molecule has 3 rings (SSSR count). The summed E-state index contributed by atoms with van der Waals surface area (Å²) in [4.78, 5) is 11.8. The summed E-state index contributed by atoms with van der Waals surface area (Å²) in [5.41, 5.74) is 1.74. The van der Waals surface area contributed by atoms with Crippen molar-refractivity contribution in [1.29, 1.82) is 0 Å². The van der Waals surface area contributed by atoms with Crippen LogP contribution >= 0.6 is 11.3 Å². The van der Waals surface area contributed by atoms with Gasteiger partial charge < -0.3 is 5.32 Å². The first kappa shape index (κ1) is 17.3. The molecule has 0 unspecified atom stereocenters. The molecule has 0 saturated carbocycles. The monoisotopic (exact) mass is 376 g/mol. The quantitative estimate of drug-likeness (QED) is 0.654. The number of carbonyl (C=O) groups is 1. The number of hydrogen-bond donors (Lipinski definition) is 2. The van der Waals surface area contributed by atoms with Crippen LogP contribution in [0, 0.1) is 0 Å². The molecule has 9 heteroatoms. The number of hydrogen-bond acceptors (Lipinski definition) is 5. The molecule has 0 aliphatic heterocycles. The minimum atomic E-state index is -3.64. The standard InChI is InChI=1S/C16H16N4O3S2/c21-15(11-19-25(22,23)16-7-4-8-24-16)17-9-13-10-18-20(12-13)14-5-2-1-3-6-14/h1-8,10,12,19H,9,11H2,(H,17,21). The lowest BCUT2D eigenvalue weighted by atomic mass is 10.3. The van der Waals surface area contributed by atoms with Crippen molar-refractivity contribution in [2.24, 2.45) is 0 Å². The van der Waals surface area contributed by atoms with E-state index in [4.69, 9.17) is 0 Å². The van der Waals surface area contributed by atoms with Crippen LogP contribution < -0.4 is 10.0 Å². The minimum absolute atomic E-state index is 0.185. The van der Waals surface area contributed by atoms with Gasteiger partial charge in [-0.25, -0.2) is 17.8 Å². The Morgan fingerprint density at radius 2 is 1.96 bits per heavy atom. The fourth-order valence-electron chi connectivity index (χ4n) is 2.08. The maximum atomic E-state index is 11.9. The first-order valence-electron chi connectivity index (χ1n) is 7.43. The Hall–Kier alpha value is -2.49. The lowest BCUT2D eigenvalue weighted by Crippen LogP contribution is -2.36. The average molecular weight is 376 g/mol. The molecule has 2 N–H and O–H groups in total. The van der Waals surface area contributed by atoms with Gasteiger partial charge in [0.15, 0.2) is 0 Å². The van der Waals surface area contributed by atoms with Gasteiger partial charge >= 0.3 is 0 Å². The second-order valence-electron chi connectivity index (χ2n) is 5.16. The third kappa shape index (κ3) is 4.53. The number of nitrogens with one attached hydrogen (secondary N) is 2. The van der Waals surface area contributed by atoms with E-state index in [0.29, 0.717) is 0 Å². The zero-order valence-corrected chi connectivity index (χ0v) is 14.8. The number of amides is 1. The van der Waals surface area contributed by atoms with Gasteiger partial charge in [-0.2, -0.15) is 5.10 Å². The number of benzene rings is 1. The van der Waals surface area contributed by atoms with Crippen molar-refractivity contribution in [3.05, 3.63) is 65.8 Å². The molecule has 0 bridgehead atoms. The van der Waals surface area contributed by atoms with Crippen molar-refractivity contribution in [3.8, 4) is 5.69 Å².